The van der Waals surface area contributed by atoms with Crippen LogP contribution in [-0.4, -0.2) is 86.0 Å². The predicted molar refractivity (Wildman–Crippen MR) is 147 cm³/mol. The number of rotatable bonds is 6. The van der Waals surface area contributed by atoms with E-state index >= 15 is 0 Å². The number of nitrogens with one attached hydrogen (secondary N) is 1. The smallest absolute Gasteiger partial charge is 0.159 e. The second-order valence-electron chi connectivity index (χ2n) is 9.93. The lowest BCUT2D eigenvalue weighted by Crippen LogP contribution is -2.45. The van der Waals surface area contributed by atoms with Crippen molar-refractivity contribution in [2.45, 2.75) is 12.6 Å². The van der Waals surface area contributed by atoms with Gasteiger partial charge >= 0.3 is 0 Å². The van der Waals surface area contributed by atoms with Crippen molar-refractivity contribution in [1.82, 2.24) is 19.7 Å². The van der Waals surface area contributed by atoms with E-state index in [-0.39, 0.29) is 11.9 Å². The molecule has 0 amide bonds. The van der Waals surface area contributed by atoms with Gasteiger partial charge in [0.25, 0.3) is 0 Å². The zero-order chi connectivity index (χ0) is 26.2. The Hall–Kier alpha value is -3.28. The number of aromatic nitrogens is 1. The molecular weight excluding hydrogens is 508 g/mol. The van der Waals surface area contributed by atoms with Crippen molar-refractivity contribution >= 4 is 29.2 Å². The van der Waals surface area contributed by atoms with E-state index in [9.17, 15) is 8.78 Å². The highest BCUT2D eigenvalue weighted by Gasteiger charge is 2.33. The molecule has 5 heterocycles. The number of ether oxygens (including phenoxy) is 1. The van der Waals surface area contributed by atoms with Crippen LogP contribution < -0.4 is 15.1 Å². The predicted octanol–water partition coefficient (Wildman–Crippen LogP) is 4.08. The molecule has 11 heteroatoms. The molecule has 3 aliphatic heterocycles. The lowest BCUT2D eigenvalue weighted by Gasteiger charge is -2.32. The Kier molecular flexibility index (Phi) is 6.89. The third-order valence-electron chi connectivity index (χ3n) is 7.25. The van der Waals surface area contributed by atoms with Crippen LogP contribution in [0.4, 0.5) is 20.3 Å². The standard InChI is InChI=1S/C27H31F2N7OS/c1-33-10-12-35(13-11-33)9-8-30-24-6-5-22-25(32-24)26-18(7-14-37-22)15-23(38-26)27-34(2)17-31-36(27)21-4-3-19(28)16-20(21)29/h3-6,15-17,27H,7-14H2,1-2H3,(H,30,32). The van der Waals surface area contributed by atoms with Crippen LogP contribution in [0.25, 0.3) is 10.6 Å². The first-order chi connectivity index (χ1) is 18.5. The van der Waals surface area contributed by atoms with Gasteiger partial charge in [0.15, 0.2) is 12.0 Å². The maximum atomic E-state index is 14.7. The monoisotopic (exact) mass is 539 g/mol. The maximum absolute atomic E-state index is 14.7. The van der Waals surface area contributed by atoms with E-state index in [1.807, 2.05) is 24.1 Å². The van der Waals surface area contributed by atoms with Crippen molar-refractivity contribution in [2.24, 2.45) is 5.10 Å². The van der Waals surface area contributed by atoms with Crippen LogP contribution in [0.1, 0.15) is 16.6 Å². The summed E-state index contributed by atoms with van der Waals surface area (Å²) >= 11 is 1.61. The number of anilines is 2. The molecule has 1 aromatic carbocycles. The van der Waals surface area contributed by atoms with Gasteiger partial charge in [-0.2, -0.15) is 5.10 Å². The van der Waals surface area contributed by atoms with E-state index < -0.39 is 11.6 Å². The van der Waals surface area contributed by atoms with Gasteiger partial charge in [-0.3, -0.25) is 4.90 Å². The van der Waals surface area contributed by atoms with Crippen molar-refractivity contribution < 1.29 is 13.5 Å². The van der Waals surface area contributed by atoms with Gasteiger partial charge in [0.1, 0.15) is 29.4 Å². The lowest BCUT2D eigenvalue weighted by atomic mass is 10.1. The number of piperazine rings is 1. The number of pyridine rings is 1. The molecule has 3 aliphatic rings. The maximum Gasteiger partial charge on any atom is 0.159 e. The fraction of sp³-hybridized carbons (Fsp3) is 0.407. The lowest BCUT2D eigenvalue weighted by molar-refractivity contribution is 0.158. The Morgan fingerprint density at radius 2 is 1.92 bits per heavy atom. The van der Waals surface area contributed by atoms with Crippen molar-refractivity contribution in [2.75, 3.05) is 70.3 Å². The molecule has 6 rings (SSSR count). The molecule has 1 N–H and O–H groups in total. The van der Waals surface area contributed by atoms with Gasteiger partial charge < -0.3 is 19.9 Å². The number of nitrogens with zero attached hydrogens (tertiary/aromatic N) is 6. The fourth-order valence-electron chi connectivity index (χ4n) is 5.09. The molecule has 1 saturated heterocycles. The minimum absolute atomic E-state index is 0.231. The largest absolute Gasteiger partial charge is 0.491 e. The average Bonchev–Trinajstić information content (AvgIpc) is 3.44. The first kappa shape index (κ1) is 25.0. The number of hydrogen-bond acceptors (Lipinski definition) is 9. The van der Waals surface area contributed by atoms with Gasteiger partial charge in [-0.15, -0.1) is 11.3 Å². The van der Waals surface area contributed by atoms with Crippen LogP contribution in [-0.2, 0) is 6.42 Å². The van der Waals surface area contributed by atoms with E-state index in [1.165, 1.54) is 12.1 Å². The van der Waals surface area contributed by atoms with Gasteiger partial charge in [-0.05, 0) is 42.9 Å². The fourth-order valence-corrected chi connectivity index (χ4v) is 6.43. The summed E-state index contributed by atoms with van der Waals surface area (Å²) in [7, 11) is 4.07. The minimum Gasteiger partial charge on any atom is -0.491 e. The molecule has 3 aromatic rings. The molecule has 1 atom stereocenters. The summed E-state index contributed by atoms with van der Waals surface area (Å²) in [6.45, 7) is 6.73. The van der Waals surface area contributed by atoms with Gasteiger partial charge in [-0.1, -0.05) is 0 Å². The van der Waals surface area contributed by atoms with Crippen molar-refractivity contribution in [3.05, 3.63) is 58.5 Å². The molecule has 0 radical (unpaired) electrons. The third-order valence-corrected chi connectivity index (χ3v) is 8.47. The van der Waals surface area contributed by atoms with Crippen LogP contribution in [0, 0.1) is 11.6 Å². The van der Waals surface area contributed by atoms with Gasteiger partial charge in [0, 0.05) is 58.8 Å². The summed E-state index contributed by atoms with van der Waals surface area (Å²) in [5.74, 6) is 0.325. The Bertz CT molecular complexity index is 1340. The molecule has 38 heavy (non-hydrogen) atoms. The number of hydrogen-bond donors (Lipinski definition) is 1. The summed E-state index contributed by atoms with van der Waals surface area (Å²) in [6.07, 6.45) is 2.06. The van der Waals surface area contributed by atoms with Crippen LogP contribution in [0.3, 0.4) is 0 Å². The highest BCUT2D eigenvalue weighted by atomic mass is 32.1. The van der Waals surface area contributed by atoms with Gasteiger partial charge in [-0.25, -0.2) is 18.8 Å². The molecule has 0 saturated carbocycles. The Morgan fingerprint density at radius 1 is 1.08 bits per heavy atom. The highest BCUT2D eigenvalue weighted by Crippen LogP contribution is 2.45. The van der Waals surface area contributed by atoms with Crippen molar-refractivity contribution in [3.63, 3.8) is 0 Å². The van der Waals surface area contributed by atoms with E-state index in [0.717, 1.165) is 84.3 Å². The second kappa shape index (κ2) is 10.5. The first-order valence-electron chi connectivity index (χ1n) is 12.9. The Morgan fingerprint density at radius 3 is 2.74 bits per heavy atom. The van der Waals surface area contributed by atoms with Crippen LogP contribution in [0.15, 0.2) is 41.5 Å². The van der Waals surface area contributed by atoms with Gasteiger partial charge in [0.2, 0.25) is 0 Å². The van der Waals surface area contributed by atoms with Crippen molar-refractivity contribution in [3.8, 4) is 16.3 Å². The average molecular weight is 540 g/mol. The molecule has 0 bridgehead atoms. The quantitative estimate of drug-likeness (QED) is 0.507. The van der Waals surface area contributed by atoms with Crippen LogP contribution in [0.5, 0.6) is 5.75 Å². The summed E-state index contributed by atoms with van der Waals surface area (Å²) < 4.78 is 34.3. The van der Waals surface area contributed by atoms with Crippen LogP contribution in [0.2, 0.25) is 0 Å². The Labute approximate surface area is 225 Å². The number of fused-ring (bicyclic) bond motifs is 3. The summed E-state index contributed by atoms with van der Waals surface area (Å²) in [5.41, 5.74) is 2.19. The topological polar surface area (TPSA) is 59.5 Å². The number of benzene rings is 1. The number of halogens is 2. The molecule has 2 aromatic heterocycles. The van der Waals surface area contributed by atoms with Crippen molar-refractivity contribution in [1.29, 1.82) is 0 Å². The molecule has 200 valence electrons. The normalized spacial score (nSPS) is 19.7. The van der Waals surface area contributed by atoms with Crippen LogP contribution >= 0.6 is 11.3 Å². The van der Waals surface area contributed by atoms with E-state index in [1.54, 1.807) is 22.7 Å². The SMILES string of the molecule is CN1CCN(CCNc2ccc3c(n2)-c2sc(C4N(C)C=NN4c4ccc(F)cc4F)cc2CCO3)CC1. The zero-order valence-electron chi connectivity index (χ0n) is 21.5. The molecule has 8 nitrogen and oxygen atoms in total. The Balaban J connectivity index is 1.24. The zero-order valence-corrected chi connectivity index (χ0v) is 22.3. The summed E-state index contributed by atoms with van der Waals surface area (Å²) in [6, 6.07) is 9.66. The molecular formula is C27H31F2N7OS. The van der Waals surface area contributed by atoms with Gasteiger partial charge in [0.05, 0.1) is 22.0 Å². The summed E-state index contributed by atoms with van der Waals surface area (Å²) in [4.78, 5) is 13.8. The summed E-state index contributed by atoms with van der Waals surface area (Å²) in [5, 5.41) is 9.50. The molecule has 0 spiro atoms. The number of likely N-dealkylation sites (N-methyl/N-ethyl adjacent to an activating group) is 1. The minimum atomic E-state index is -0.645. The third kappa shape index (κ3) is 4.93. The number of hydrazone groups is 1. The molecule has 1 fully saturated rings. The van der Waals surface area contributed by atoms with E-state index in [2.05, 4.69) is 33.3 Å². The second-order valence-corrected chi connectivity index (χ2v) is 11.0. The highest BCUT2D eigenvalue weighted by molar-refractivity contribution is 7.15. The molecule has 1 unspecified atom stereocenters. The number of thiophene rings is 1. The molecule has 0 aliphatic carbocycles. The van der Waals surface area contributed by atoms with E-state index in [4.69, 9.17) is 9.72 Å². The van der Waals surface area contributed by atoms with E-state index in [0.29, 0.717) is 6.61 Å². The first-order valence-corrected chi connectivity index (χ1v) is 13.7.